The monoisotopic (exact) mass is 204 g/mol. The van der Waals surface area contributed by atoms with Gasteiger partial charge in [-0.1, -0.05) is 38.7 Å². The molecule has 3 heteroatoms. The first kappa shape index (κ1) is 13.0. The number of rotatable bonds is 4. The van der Waals surface area contributed by atoms with Crippen molar-refractivity contribution in [2.45, 2.75) is 26.4 Å². The highest BCUT2D eigenvalue weighted by Gasteiger charge is 2.31. The highest BCUT2D eigenvalue weighted by molar-refractivity contribution is 5.31. The number of alkyl halides is 3. The lowest BCUT2D eigenvalue weighted by atomic mass is 9.98. The number of hydrogen-bond donors (Lipinski definition) is 0. The van der Waals surface area contributed by atoms with Crippen LogP contribution >= 0.6 is 0 Å². The van der Waals surface area contributed by atoms with E-state index in [-0.39, 0.29) is 5.92 Å². The Morgan fingerprint density at radius 1 is 1.43 bits per heavy atom. The summed E-state index contributed by atoms with van der Waals surface area (Å²) in [5.74, 6) is 0.0623. The van der Waals surface area contributed by atoms with E-state index >= 15 is 0 Å². The van der Waals surface area contributed by atoms with Gasteiger partial charge < -0.3 is 0 Å². The molecule has 0 aliphatic rings. The number of halogens is 3. The molecule has 0 aliphatic carbocycles. The molecule has 0 nitrogen and oxygen atoms in total. The van der Waals surface area contributed by atoms with Gasteiger partial charge in [0.15, 0.2) is 0 Å². The van der Waals surface area contributed by atoms with Crippen LogP contribution in [0.3, 0.4) is 0 Å². The molecule has 0 fully saturated rings. The fourth-order valence-electron chi connectivity index (χ4n) is 0.861. The fourth-order valence-corrected chi connectivity index (χ4v) is 0.861. The predicted octanol–water partition coefficient (Wildman–Crippen LogP) is 4.26. The van der Waals surface area contributed by atoms with Gasteiger partial charge in [-0.15, -0.1) is 0 Å². The van der Waals surface area contributed by atoms with Crippen LogP contribution in [-0.4, -0.2) is 6.18 Å². The van der Waals surface area contributed by atoms with E-state index in [1.807, 2.05) is 13.8 Å². The van der Waals surface area contributed by atoms with Crippen molar-refractivity contribution < 1.29 is 13.2 Å². The minimum atomic E-state index is -4.34. The smallest absolute Gasteiger partial charge is 0.166 e. The molecule has 0 saturated carbocycles. The molecule has 0 aliphatic heterocycles. The molecule has 0 N–H and O–H groups in total. The summed E-state index contributed by atoms with van der Waals surface area (Å²) >= 11 is 0. The summed E-state index contributed by atoms with van der Waals surface area (Å²) < 4.78 is 36.8. The van der Waals surface area contributed by atoms with Crippen molar-refractivity contribution in [2.75, 3.05) is 0 Å². The maximum Gasteiger partial charge on any atom is 0.416 e. The first-order chi connectivity index (χ1) is 6.32. The summed E-state index contributed by atoms with van der Waals surface area (Å²) in [4.78, 5) is 0. The van der Waals surface area contributed by atoms with Gasteiger partial charge in [0, 0.05) is 0 Å². The first-order valence-corrected chi connectivity index (χ1v) is 4.43. The second kappa shape index (κ2) is 5.03. The molecule has 1 atom stereocenters. The van der Waals surface area contributed by atoms with E-state index in [0.717, 1.165) is 18.6 Å². The maximum absolute atomic E-state index is 12.3. The first-order valence-electron chi connectivity index (χ1n) is 4.43. The minimum Gasteiger partial charge on any atom is -0.166 e. The molecule has 0 aromatic rings. The van der Waals surface area contributed by atoms with Gasteiger partial charge in [0.05, 0.1) is 5.57 Å². The zero-order valence-corrected chi connectivity index (χ0v) is 8.49. The van der Waals surface area contributed by atoms with Crippen molar-refractivity contribution in [3.8, 4) is 0 Å². The molecule has 1 unspecified atom stereocenters. The molecule has 0 rings (SSSR count). The van der Waals surface area contributed by atoms with Crippen molar-refractivity contribution in [3.05, 3.63) is 36.5 Å². The van der Waals surface area contributed by atoms with Crippen LogP contribution in [0.4, 0.5) is 13.2 Å². The normalized spacial score (nSPS) is 15.1. The Bertz CT molecular complexity index is 246. The molecule has 0 spiro atoms. The summed E-state index contributed by atoms with van der Waals surface area (Å²) in [6, 6.07) is 0. The molecule has 0 aromatic heterocycles. The van der Waals surface area contributed by atoms with E-state index in [4.69, 9.17) is 0 Å². The third kappa shape index (κ3) is 3.81. The SMILES string of the molecule is C=C/C(=C\C(=C)C(C)CC)C(F)(F)F. The van der Waals surface area contributed by atoms with Gasteiger partial charge in [-0.25, -0.2) is 0 Å². The van der Waals surface area contributed by atoms with Crippen LogP contribution in [0.15, 0.2) is 36.5 Å². The van der Waals surface area contributed by atoms with Gasteiger partial charge in [-0.3, -0.25) is 0 Å². The van der Waals surface area contributed by atoms with Gasteiger partial charge in [0.25, 0.3) is 0 Å². The molecular weight excluding hydrogens is 189 g/mol. The average Bonchev–Trinajstić information content (AvgIpc) is 2.10. The quantitative estimate of drug-likeness (QED) is 0.600. The van der Waals surface area contributed by atoms with Crippen molar-refractivity contribution >= 4 is 0 Å². The highest BCUT2D eigenvalue weighted by atomic mass is 19.4. The maximum atomic E-state index is 12.3. The van der Waals surface area contributed by atoms with Crippen LogP contribution in [0, 0.1) is 5.92 Å². The molecule has 0 bridgehead atoms. The number of allylic oxidation sites excluding steroid dienone is 4. The second-order valence-corrected chi connectivity index (χ2v) is 3.19. The third-order valence-corrected chi connectivity index (χ3v) is 2.13. The zero-order valence-electron chi connectivity index (χ0n) is 8.49. The Morgan fingerprint density at radius 2 is 1.93 bits per heavy atom. The Labute approximate surface area is 82.8 Å². The Hall–Kier alpha value is -0.990. The van der Waals surface area contributed by atoms with E-state index in [1.54, 1.807) is 0 Å². The van der Waals surface area contributed by atoms with E-state index in [0.29, 0.717) is 5.57 Å². The molecule has 0 amide bonds. The molecular formula is C11H15F3. The van der Waals surface area contributed by atoms with Gasteiger partial charge >= 0.3 is 6.18 Å². The van der Waals surface area contributed by atoms with E-state index < -0.39 is 11.7 Å². The molecule has 0 radical (unpaired) electrons. The Morgan fingerprint density at radius 3 is 2.21 bits per heavy atom. The van der Waals surface area contributed by atoms with Crippen LogP contribution in [-0.2, 0) is 0 Å². The van der Waals surface area contributed by atoms with Crippen molar-refractivity contribution in [2.24, 2.45) is 5.92 Å². The van der Waals surface area contributed by atoms with E-state index in [2.05, 4.69) is 13.2 Å². The lowest BCUT2D eigenvalue weighted by Crippen LogP contribution is -2.10. The van der Waals surface area contributed by atoms with Gasteiger partial charge in [0.1, 0.15) is 0 Å². The third-order valence-electron chi connectivity index (χ3n) is 2.13. The van der Waals surface area contributed by atoms with Crippen LogP contribution in [0.5, 0.6) is 0 Å². The molecule has 14 heavy (non-hydrogen) atoms. The summed E-state index contributed by atoms with van der Waals surface area (Å²) in [5.41, 5.74) is -0.248. The zero-order chi connectivity index (χ0) is 11.4. The lowest BCUT2D eigenvalue weighted by molar-refractivity contribution is -0.0882. The van der Waals surface area contributed by atoms with Crippen molar-refractivity contribution in [1.82, 2.24) is 0 Å². The van der Waals surface area contributed by atoms with Crippen LogP contribution in [0.25, 0.3) is 0 Å². The van der Waals surface area contributed by atoms with Crippen molar-refractivity contribution in [3.63, 3.8) is 0 Å². The summed E-state index contributed by atoms with van der Waals surface area (Å²) in [6.45, 7) is 10.5. The Kier molecular flexibility index (Phi) is 4.68. The summed E-state index contributed by atoms with van der Waals surface area (Å²) in [5, 5.41) is 0. The van der Waals surface area contributed by atoms with Crippen LogP contribution in [0.2, 0.25) is 0 Å². The van der Waals surface area contributed by atoms with Gasteiger partial charge in [0.2, 0.25) is 0 Å². The topological polar surface area (TPSA) is 0 Å². The molecule has 0 heterocycles. The fraction of sp³-hybridized carbons (Fsp3) is 0.455. The summed E-state index contributed by atoms with van der Waals surface area (Å²) in [6.07, 6.45) is -1.69. The standard InChI is InChI=1S/C11H15F3/c1-5-8(3)9(4)7-10(6-2)11(12,13)14/h6-8H,2,4-5H2,1,3H3/b10-7+. The second-order valence-electron chi connectivity index (χ2n) is 3.19. The minimum absolute atomic E-state index is 0.0623. The largest absolute Gasteiger partial charge is 0.416 e. The van der Waals surface area contributed by atoms with E-state index in [9.17, 15) is 13.2 Å². The van der Waals surface area contributed by atoms with Gasteiger partial charge in [-0.05, 0) is 18.4 Å². The lowest BCUT2D eigenvalue weighted by Gasteiger charge is -2.12. The van der Waals surface area contributed by atoms with Crippen molar-refractivity contribution in [1.29, 1.82) is 0 Å². The average molecular weight is 204 g/mol. The molecule has 0 saturated heterocycles. The van der Waals surface area contributed by atoms with Gasteiger partial charge in [-0.2, -0.15) is 13.2 Å². The molecule has 0 aromatic carbocycles. The molecule has 80 valence electrons. The summed E-state index contributed by atoms with van der Waals surface area (Å²) in [7, 11) is 0. The highest BCUT2D eigenvalue weighted by Crippen LogP contribution is 2.28. The predicted molar refractivity (Wildman–Crippen MR) is 52.9 cm³/mol. The van der Waals surface area contributed by atoms with Crippen LogP contribution in [0.1, 0.15) is 20.3 Å². The van der Waals surface area contributed by atoms with Crippen LogP contribution < -0.4 is 0 Å². The van der Waals surface area contributed by atoms with E-state index in [1.165, 1.54) is 0 Å². The Balaban J connectivity index is 4.78. The number of hydrogen-bond acceptors (Lipinski definition) is 0.